The number of likely N-dealkylation sites (tertiary alicyclic amines) is 1. The summed E-state index contributed by atoms with van der Waals surface area (Å²) in [6, 6.07) is 13.9. The number of para-hydroxylation sites is 1. The van der Waals surface area contributed by atoms with Crippen molar-refractivity contribution in [2.75, 3.05) is 13.7 Å². The van der Waals surface area contributed by atoms with Gasteiger partial charge < -0.3 is 14.6 Å². The molecule has 0 unspecified atom stereocenters. The second kappa shape index (κ2) is 6.59. The number of methoxy groups -OCH3 is 1. The number of hydrogen-bond acceptors (Lipinski definition) is 3. The molecule has 3 aromatic rings. The summed E-state index contributed by atoms with van der Waals surface area (Å²) in [6.45, 7) is 0.805. The molecule has 1 atom stereocenters. The van der Waals surface area contributed by atoms with Gasteiger partial charge in [-0.25, -0.2) is 4.98 Å². The minimum Gasteiger partial charge on any atom is -0.496 e. The van der Waals surface area contributed by atoms with E-state index >= 15 is 0 Å². The molecule has 0 bridgehead atoms. The number of carbonyl (C=O) groups is 1. The Hall–Kier alpha value is -2.82. The van der Waals surface area contributed by atoms with Crippen molar-refractivity contribution in [3.8, 4) is 5.75 Å². The second-order valence-electron chi connectivity index (χ2n) is 6.45. The van der Waals surface area contributed by atoms with E-state index in [-0.39, 0.29) is 11.9 Å². The number of rotatable bonds is 4. The number of hydrogen-bond donors (Lipinski definition) is 1. The van der Waals surface area contributed by atoms with E-state index in [0.717, 1.165) is 48.2 Å². The zero-order valence-corrected chi connectivity index (χ0v) is 14.2. The van der Waals surface area contributed by atoms with Crippen LogP contribution in [0.25, 0.3) is 11.0 Å². The Labute approximate surface area is 146 Å². The molecular weight excluding hydrogens is 314 g/mol. The molecule has 25 heavy (non-hydrogen) atoms. The maximum atomic E-state index is 13.0. The summed E-state index contributed by atoms with van der Waals surface area (Å²) in [5.74, 6) is 0.981. The maximum Gasteiger partial charge on any atom is 0.254 e. The summed E-state index contributed by atoms with van der Waals surface area (Å²) in [4.78, 5) is 22.3. The molecule has 5 heteroatoms. The average molecular weight is 335 g/mol. The highest BCUT2D eigenvalue weighted by molar-refractivity contribution is 5.97. The number of H-pyrrole nitrogens is 1. The number of amides is 1. The van der Waals surface area contributed by atoms with Crippen molar-refractivity contribution < 1.29 is 9.53 Å². The molecule has 1 aromatic heterocycles. The van der Waals surface area contributed by atoms with Crippen molar-refractivity contribution in [1.82, 2.24) is 14.9 Å². The number of carbonyl (C=O) groups excluding carboxylic acids is 1. The highest BCUT2D eigenvalue weighted by atomic mass is 16.5. The van der Waals surface area contributed by atoms with Gasteiger partial charge in [-0.2, -0.15) is 0 Å². The van der Waals surface area contributed by atoms with Crippen molar-refractivity contribution in [2.24, 2.45) is 0 Å². The van der Waals surface area contributed by atoms with Gasteiger partial charge in [0.2, 0.25) is 0 Å². The third-order valence-electron chi connectivity index (χ3n) is 4.95. The molecule has 0 spiro atoms. The summed E-state index contributed by atoms with van der Waals surface area (Å²) in [7, 11) is 1.69. The minimum absolute atomic E-state index is 0.0916. The summed E-state index contributed by atoms with van der Waals surface area (Å²) >= 11 is 0. The molecule has 0 saturated carbocycles. The van der Waals surface area contributed by atoms with Crippen LogP contribution in [0.1, 0.15) is 28.8 Å². The Bertz CT molecular complexity index is 903. The Morgan fingerprint density at radius 1 is 1.32 bits per heavy atom. The first-order valence-electron chi connectivity index (χ1n) is 8.62. The van der Waals surface area contributed by atoms with E-state index in [2.05, 4.69) is 16.0 Å². The molecule has 2 heterocycles. The monoisotopic (exact) mass is 335 g/mol. The summed E-state index contributed by atoms with van der Waals surface area (Å²) in [6.07, 6.45) is 4.54. The van der Waals surface area contributed by atoms with Gasteiger partial charge >= 0.3 is 0 Å². The standard InChI is InChI=1S/C20H21N3O2/c1-25-19-7-3-2-5-14(19)11-16-6-4-10-23(16)20(24)15-8-9-17-18(12-15)22-13-21-17/h2-3,5,7-9,12-13,16H,4,6,10-11H2,1H3,(H,21,22)/t16-/m0/s1. The lowest BCUT2D eigenvalue weighted by molar-refractivity contribution is 0.0736. The number of aromatic amines is 1. The van der Waals surface area contributed by atoms with Crippen LogP contribution < -0.4 is 4.74 Å². The zero-order chi connectivity index (χ0) is 17.2. The first-order valence-corrected chi connectivity index (χ1v) is 8.62. The van der Waals surface area contributed by atoms with Crippen LogP contribution in [0.2, 0.25) is 0 Å². The largest absolute Gasteiger partial charge is 0.496 e. The lowest BCUT2D eigenvalue weighted by atomic mass is 10.0. The molecule has 1 N–H and O–H groups in total. The molecule has 0 radical (unpaired) electrons. The van der Waals surface area contributed by atoms with Gasteiger partial charge in [0, 0.05) is 18.2 Å². The van der Waals surface area contributed by atoms with Crippen LogP contribution in [-0.2, 0) is 6.42 Å². The van der Waals surface area contributed by atoms with Gasteiger partial charge in [-0.3, -0.25) is 4.79 Å². The van der Waals surface area contributed by atoms with E-state index in [1.807, 2.05) is 41.3 Å². The van der Waals surface area contributed by atoms with Gasteiger partial charge in [-0.15, -0.1) is 0 Å². The lowest BCUT2D eigenvalue weighted by Gasteiger charge is -2.25. The molecular formula is C20H21N3O2. The molecule has 1 aliphatic heterocycles. The fraction of sp³-hybridized carbons (Fsp3) is 0.300. The van der Waals surface area contributed by atoms with E-state index in [1.165, 1.54) is 0 Å². The van der Waals surface area contributed by atoms with Gasteiger partial charge in [0.25, 0.3) is 5.91 Å². The number of aromatic nitrogens is 2. The number of nitrogens with one attached hydrogen (secondary N) is 1. The summed E-state index contributed by atoms with van der Waals surface area (Å²) in [5, 5.41) is 0. The smallest absolute Gasteiger partial charge is 0.254 e. The van der Waals surface area contributed by atoms with Crippen molar-refractivity contribution in [1.29, 1.82) is 0 Å². The van der Waals surface area contributed by atoms with Crippen molar-refractivity contribution in [2.45, 2.75) is 25.3 Å². The van der Waals surface area contributed by atoms with E-state index in [9.17, 15) is 4.79 Å². The van der Waals surface area contributed by atoms with E-state index in [4.69, 9.17) is 4.74 Å². The van der Waals surface area contributed by atoms with Crippen LogP contribution in [0.15, 0.2) is 48.8 Å². The Morgan fingerprint density at radius 3 is 3.08 bits per heavy atom. The third-order valence-corrected chi connectivity index (χ3v) is 4.95. The number of imidazole rings is 1. The van der Waals surface area contributed by atoms with Crippen LogP contribution in [0, 0.1) is 0 Å². The van der Waals surface area contributed by atoms with E-state index < -0.39 is 0 Å². The van der Waals surface area contributed by atoms with Crippen LogP contribution in [-0.4, -0.2) is 40.5 Å². The Kier molecular flexibility index (Phi) is 4.14. The van der Waals surface area contributed by atoms with Gasteiger partial charge in [0.15, 0.2) is 0 Å². The molecule has 1 aliphatic rings. The van der Waals surface area contributed by atoms with Gasteiger partial charge in [-0.05, 0) is 49.1 Å². The van der Waals surface area contributed by atoms with E-state index in [0.29, 0.717) is 5.56 Å². The number of ether oxygens (including phenoxy) is 1. The first kappa shape index (κ1) is 15.7. The van der Waals surface area contributed by atoms with Crippen LogP contribution in [0.3, 0.4) is 0 Å². The van der Waals surface area contributed by atoms with Crippen molar-refractivity contribution in [3.63, 3.8) is 0 Å². The predicted molar refractivity (Wildman–Crippen MR) is 96.9 cm³/mol. The maximum absolute atomic E-state index is 13.0. The molecule has 1 fully saturated rings. The quantitative estimate of drug-likeness (QED) is 0.795. The third kappa shape index (κ3) is 2.97. The van der Waals surface area contributed by atoms with E-state index in [1.54, 1.807) is 13.4 Å². The number of fused-ring (bicyclic) bond motifs is 1. The molecule has 128 valence electrons. The molecule has 5 nitrogen and oxygen atoms in total. The number of benzene rings is 2. The normalized spacial score (nSPS) is 17.2. The highest BCUT2D eigenvalue weighted by Crippen LogP contribution is 2.27. The zero-order valence-electron chi connectivity index (χ0n) is 14.2. The molecule has 4 rings (SSSR count). The molecule has 2 aromatic carbocycles. The van der Waals surface area contributed by atoms with Crippen LogP contribution in [0.4, 0.5) is 0 Å². The topological polar surface area (TPSA) is 58.2 Å². The number of nitrogens with zero attached hydrogens (tertiary/aromatic N) is 2. The molecule has 1 amide bonds. The first-order chi connectivity index (χ1) is 12.3. The Morgan fingerprint density at radius 2 is 2.20 bits per heavy atom. The van der Waals surface area contributed by atoms with Gasteiger partial charge in [-0.1, -0.05) is 18.2 Å². The summed E-state index contributed by atoms with van der Waals surface area (Å²) < 4.78 is 5.46. The fourth-order valence-electron chi connectivity index (χ4n) is 3.68. The highest BCUT2D eigenvalue weighted by Gasteiger charge is 2.30. The molecule has 0 aliphatic carbocycles. The van der Waals surface area contributed by atoms with Crippen LogP contribution in [0.5, 0.6) is 5.75 Å². The van der Waals surface area contributed by atoms with Crippen LogP contribution >= 0.6 is 0 Å². The summed E-state index contributed by atoms with van der Waals surface area (Å²) in [5.41, 5.74) is 3.64. The van der Waals surface area contributed by atoms with Crippen molar-refractivity contribution in [3.05, 3.63) is 59.9 Å². The SMILES string of the molecule is COc1ccccc1C[C@@H]1CCCN1C(=O)c1ccc2nc[nH]c2c1. The Balaban J connectivity index is 1.57. The van der Waals surface area contributed by atoms with Gasteiger partial charge in [0.05, 0.1) is 24.5 Å². The molecule has 1 saturated heterocycles. The lowest BCUT2D eigenvalue weighted by Crippen LogP contribution is -2.36. The fourth-order valence-corrected chi connectivity index (χ4v) is 3.68. The minimum atomic E-state index is 0.0916. The van der Waals surface area contributed by atoms with Crippen molar-refractivity contribution >= 4 is 16.9 Å². The van der Waals surface area contributed by atoms with Gasteiger partial charge in [0.1, 0.15) is 5.75 Å². The average Bonchev–Trinajstić information content (AvgIpc) is 3.30. The predicted octanol–water partition coefficient (Wildman–Crippen LogP) is 3.42. The second-order valence-corrected chi connectivity index (χ2v) is 6.45.